The molecule has 6 heteroatoms. The number of pyridine rings is 1. The largest absolute Gasteiger partial charge is 0.398 e. The van der Waals surface area contributed by atoms with Gasteiger partial charge in [-0.2, -0.15) is 0 Å². The molecule has 0 aliphatic carbocycles. The molecule has 2 aromatic rings. The Balaban J connectivity index is 1.88. The monoisotopic (exact) mass is 326 g/mol. The Labute approximate surface area is 141 Å². The van der Waals surface area contributed by atoms with Crippen molar-refractivity contribution < 1.29 is 9.84 Å². The van der Waals surface area contributed by atoms with E-state index in [0.717, 1.165) is 30.0 Å². The predicted octanol–water partition coefficient (Wildman–Crippen LogP) is 1.45. The summed E-state index contributed by atoms with van der Waals surface area (Å²) in [6.07, 6.45) is 2.28. The molecular weight excluding hydrogens is 304 g/mol. The number of hydrogen-bond acceptors (Lipinski definition) is 6. The normalized spacial score (nSPS) is 14.6. The highest BCUT2D eigenvalue weighted by atomic mass is 16.5. The minimum Gasteiger partial charge on any atom is -0.398 e. The number of aliphatic hydroxyl groups is 1. The summed E-state index contributed by atoms with van der Waals surface area (Å²) in [6, 6.07) is 9.30. The number of nitrogens with zero attached hydrogens (tertiary/aromatic N) is 2. The number of anilines is 2. The van der Waals surface area contributed by atoms with Crippen LogP contribution in [0.15, 0.2) is 36.5 Å². The molecule has 0 radical (unpaired) electrons. The average Bonchev–Trinajstić information content (AvgIpc) is 2.64. The molecule has 0 atom stereocenters. The lowest BCUT2D eigenvalue weighted by atomic mass is 9.98. The first kappa shape index (κ1) is 16.4. The summed E-state index contributed by atoms with van der Waals surface area (Å²) in [5, 5.41) is 17.6. The topological polar surface area (TPSA) is 95.5 Å². The van der Waals surface area contributed by atoms with Crippen LogP contribution in [0.4, 0.5) is 11.5 Å². The summed E-state index contributed by atoms with van der Waals surface area (Å²) in [7, 11) is 0. The number of nitrogens with one attached hydrogen (secondary N) is 1. The van der Waals surface area contributed by atoms with E-state index in [0.29, 0.717) is 36.6 Å². The second kappa shape index (κ2) is 7.42. The second-order valence-electron chi connectivity index (χ2n) is 5.77. The van der Waals surface area contributed by atoms with Crippen LogP contribution in [-0.4, -0.2) is 48.7 Å². The van der Waals surface area contributed by atoms with Crippen molar-refractivity contribution in [3.05, 3.63) is 53.2 Å². The van der Waals surface area contributed by atoms with E-state index in [4.69, 9.17) is 21.0 Å². The van der Waals surface area contributed by atoms with Crippen molar-refractivity contribution in [2.75, 3.05) is 43.5 Å². The van der Waals surface area contributed by atoms with E-state index >= 15 is 0 Å². The van der Waals surface area contributed by atoms with E-state index in [1.807, 2.05) is 24.3 Å². The molecule has 0 bridgehead atoms. The van der Waals surface area contributed by atoms with E-state index < -0.39 is 0 Å². The van der Waals surface area contributed by atoms with E-state index in [-0.39, 0.29) is 6.61 Å². The van der Waals surface area contributed by atoms with Gasteiger partial charge in [-0.25, -0.2) is 4.98 Å². The summed E-state index contributed by atoms with van der Waals surface area (Å²) in [5.74, 6) is 0.852. The van der Waals surface area contributed by atoms with Crippen molar-refractivity contribution in [1.29, 1.82) is 5.41 Å². The Kier molecular flexibility index (Phi) is 5.08. The summed E-state index contributed by atoms with van der Waals surface area (Å²) in [6.45, 7) is 3.07. The number of morpholine rings is 1. The fourth-order valence-electron chi connectivity index (χ4n) is 2.80. The van der Waals surface area contributed by atoms with Crippen molar-refractivity contribution in [2.24, 2.45) is 0 Å². The standard InChI is InChI=1S/C18H22N4O2/c19-16-2-1-13(4-8-23)11-15(16)18(20)14-3-5-21-17(12-14)22-6-9-24-10-7-22/h1-3,5,11-12,20,23H,4,6-10,19H2. The van der Waals surface area contributed by atoms with Gasteiger partial charge in [-0.15, -0.1) is 0 Å². The van der Waals surface area contributed by atoms with Gasteiger partial charge in [0.1, 0.15) is 5.82 Å². The van der Waals surface area contributed by atoms with Crippen molar-refractivity contribution in [3.8, 4) is 0 Å². The zero-order valence-corrected chi connectivity index (χ0v) is 13.5. The number of aromatic nitrogens is 1. The van der Waals surface area contributed by atoms with Gasteiger partial charge in [-0.05, 0) is 36.2 Å². The number of ether oxygens (including phenoxy) is 1. The zero-order chi connectivity index (χ0) is 16.9. The van der Waals surface area contributed by atoms with Gasteiger partial charge in [-0.3, -0.25) is 5.41 Å². The van der Waals surface area contributed by atoms with E-state index in [9.17, 15) is 0 Å². The van der Waals surface area contributed by atoms with E-state index in [2.05, 4.69) is 9.88 Å². The average molecular weight is 326 g/mol. The lowest BCUT2D eigenvalue weighted by Gasteiger charge is -2.28. The Morgan fingerprint density at radius 1 is 1.25 bits per heavy atom. The number of hydrogen-bond donors (Lipinski definition) is 3. The van der Waals surface area contributed by atoms with Crippen LogP contribution >= 0.6 is 0 Å². The Morgan fingerprint density at radius 3 is 2.79 bits per heavy atom. The lowest BCUT2D eigenvalue weighted by molar-refractivity contribution is 0.122. The van der Waals surface area contributed by atoms with Gasteiger partial charge in [0.2, 0.25) is 0 Å². The van der Waals surface area contributed by atoms with Crippen molar-refractivity contribution in [1.82, 2.24) is 4.98 Å². The Bertz CT molecular complexity index is 727. The van der Waals surface area contributed by atoms with Gasteiger partial charge in [0.05, 0.1) is 18.9 Å². The Morgan fingerprint density at radius 2 is 2.04 bits per heavy atom. The SMILES string of the molecule is N=C(c1ccnc(N2CCOCC2)c1)c1cc(CCO)ccc1N. The number of nitrogen functional groups attached to an aromatic ring is 1. The highest BCUT2D eigenvalue weighted by Gasteiger charge is 2.15. The van der Waals surface area contributed by atoms with Crippen molar-refractivity contribution >= 4 is 17.2 Å². The first-order valence-corrected chi connectivity index (χ1v) is 8.06. The molecule has 4 N–H and O–H groups in total. The third-order valence-corrected chi connectivity index (χ3v) is 4.16. The molecule has 0 amide bonds. The smallest absolute Gasteiger partial charge is 0.129 e. The molecule has 1 aliphatic rings. The Hall–Kier alpha value is -2.44. The maximum absolute atomic E-state index is 9.11. The summed E-state index contributed by atoms with van der Waals surface area (Å²) >= 11 is 0. The molecule has 1 aliphatic heterocycles. The fraction of sp³-hybridized carbons (Fsp3) is 0.333. The molecule has 0 unspecified atom stereocenters. The van der Waals surface area contributed by atoms with Crippen molar-refractivity contribution in [3.63, 3.8) is 0 Å². The van der Waals surface area contributed by atoms with Crippen LogP contribution in [0, 0.1) is 5.41 Å². The molecule has 6 nitrogen and oxygen atoms in total. The molecule has 126 valence electrons. The molecule has 0 saturated carbocycles. The van der Waals surface area contributed by atoms with Crippen LogP contribution in [0.5, 0.6) is 0 Å². The molecule has 1 saturated heterocycles. The highest BCUT2D eigenvalue weighted by Crippen LogP contribution is 2.21. The quantitative estimate of drug-likeness (QED) is 0.571. The molecule has 1 fully saturated rings. The molecule has 24 heavy (non-hydrogen) atoms. The third-order valence-electron chi connectivity index (χ3n) is 4.16. The first-order valence-electron chi connectivity index (χ1n) is 8.06. The summed E-state index contributed by atoms with van der Waals surface area (Å²) < 4.78 is 5.37. The van der Waals surface area contributed by atoms with Crippen LogP contribution in [-0.2, 0) is 11.2 Å². The van der Waals surface area contributed by atoms with Gasteiger partial charge in [0.15, 0.2) is 0 Å². The van der Waals surface area contributed by atoms with Crippen molar-refractivity contribution in [2.45, 2.75) is 6.42 Å². The van der Waals surface area contributed by atoms with E-state index in [1.54, 1.807) is 12.3 Å². The maximum atomic E-state index is 9.11. The van der Waals surface area contributed by atoms with Crippen LogP contribution in [0.25, 0.3) is 0 Å². The predicted molar refractivity (Wildman–Crippen MR) is 94.8 cm³/mol. The molecule has 3 rings (SSSR count). The first-order chi connectivity index (χ1) is 11.7. The minimum atomic E-state index is 0.0765. The van der Waals surface area contributed by atoms with Crippen LogP contribution < -0.4 is 10.6 Å². The zero-order valence-electron chi connectivity index (χ0n) is 13.5. The number of rotatable bonds is 5. The maximum Gasteiger partial charge on any atom is 0.129 e. The molecule has 1 aromatic heterocycles. The molecule has 2 heterocycles. The highest BCUT2D eigenvalue weighted by molar-refractivity contribution is 6.14. The van der Waals surface area contributed by atoms with Gasteiger partial charge in [0.25, 0.3) is 0 Å². The lowest BCUT2D eigenvalue weighted by Crippen LogP contribution is -2.36. The van der Waals surface area contributed by atoms with Crippen LogP contribution in [0.1, 0.15) is 16.7 Å². The summed E-state index contributed by atoms with van der Waals surface area (Å²) in [4.78, 5) is 6.58. The summed E-state index contributed by atoms with van der Waals surface area (Å²) in [5.41, 5.74) is 9.41. The van der Waals surface area contributed by atoms with Crippen LogP contribution in [0.3, 0.4) is 0 Å². The van der Waals surface area contributed by atoms with Crippen LogP contribution in [0.2, 0.25) is 0 Å². The number of benzene rings is 1. The molecule has 0 spiro atoms. The van der Waals surface area contributed by atoms with Gasteiger partial charge >= 0.3 is 0 Å². The fourth-order valence-corrected chi connectivity index (χ4v) is 2.80. The molecular formula is C18H22N4O2. The van der Waals surface area contributed by atoms with Gasteiger partial charge in [0, 0.05) is 42.7 Å². The third kappa shape index (κ3) is 3.55. The molecule has 1 aromatic carbocycles. The number of aliphatic hydroxyl groups excluding tert-OH is 1. The van der Waals surface area contributed by atoms with Gasteiger partial charge < -0.3 is 20.5 Å². The van der Waals surface area contributed by atoms with E-state index in [1.165, 1.54) is 0 Å². The number of nitrogens with two attached hydrogens (primary N) is 1. The van der Waals surface area contributed by atoms with Gasteiger partial charge in [-0.1, -0.05) is 6.07 Å². The second-order valence-corrected chi connectivity index (χ2v) is 5.77. The minimum absolute atomic E-state index is 0.0765.